The molecule has 1 aliphatic rings. The van der Waals surface area contributed by atoms with Crippen LogP contribution in [0.15, 0.2) is 66.9 Å². The van der Waals surface area contributed by atoms with Crippen LogP contribution in [0.25, 0.3) is 23.5 Å². The second-order valence-electron chi connectivity index (χ2n) is 6.54. The van der Waals surface area contributed by atoms with Crippen molar-refractivity contribution in [1.29, 1.82) is 0 Å². The maximum Gasteiger partial charge on any atom is 0.231 e. The number of hydrogen-bond donors (Lipinski definition) is 2. The predicted molar refractivity (Wildman–Crippen MR) is 121 cm³/mol. The molecule has 0 saturated carbocycles. The van der Waals surface area contributed by atoms with Gasteiger partial charge < -0.3 is 10.3 Å². The Morgan fingerprint density at radius 3 is 2.69 bits per heavy atom. The standard InChI is InChI=1S/C23H21Cl2N3O/c1-4-14(3)9-11-16(5-2)26-23(29)15-10-12-19-20(13-15)28-22(27-19)21-17(24)7-6-8-18(21)25/h4-9,11-13,15H,1,3,10H2,2H3,(H,26,29)(H,27,28)/b11-9-,16-5+. The molecule has 4 nitrogen and oxygen atoms in total. The maximum atomic E-state index is 12.7. The zero-order chi connectivity index (χ0) is 21.0. The summed E-state index contributed by atoms with van der Waals surface area (Å²) in [5.41, 5.74) is 2.12. The molecule has 2 aromatic rings. The van der Waals surface area contributed by atoms with E-state index in [9.17, 15) is 4.79 Å². The van der Waals surface area contributed by atoms with E-state index in [1.165, 1.54) is 0 Å². The number of benzene rings is 1. The van der Waals surface area contributed by atoms with Crippen molar-refractivity contribution in [3.63, 3.8) is 0 Å². The van der Waals surface area contributed by atoms with Crippen molar-refractivity contribution in [2.45, 2.75) is 13.3 Å². The number of hydrogen-bond acceptors (Lipinski definition) is 2. The maximum absolute atomic E-state index is 12.7. The Morgan fingerprint density at radius 1 is 1.31 bits per heavy atom. The van der Waals surface area contributed by atoms with Gasteiger partial charge in [-0.25, -0.2) is 4.98 Å². The lowest BCUT2D eigenvalue weighted by atomic mass is 10.00. The first-order valence-corrected chi connectivity index (χ1v) is 9.87. The van der Waals surface area contributed by atoms with Crippen molar-refractivity contribution in [3.05, 3.63) is 87.7 Å². The number of H-pyrrole nitrogens is 1. The molecule has 1 aromatic carbocycles. The van der Waals surface area contributed by atoms with Crippen LogP contribution in [0.1, 0.15) is 13.3 Å². The molecule has 1 unspecified atom stereocenters. The summed E-state index contributed by atoms with van der Waals surface area (Å²) >= 11 is 12.6. The number of rotatable bonds is 6. The van der Waals surface area contributed by atoms with Gasteiger partial charge in [0.2, 0.25) is 5.91 Å². The zero-order valence-electron chi connectivity index (χ0n) is 16.0. The van der Waals surface area contributed by atoms with E-state index in [1.54, 1.807) is 36.4 Å². The minimum absolute atomic E-state index is 0.0965. The van der Waals surface area contributed by atoms with Gasteiger partial charge in [0.25, 0.3) is 0 Å². The van der Waals surface area contributed by atoms with Crippen LogP contribution in [-0.4, -0.2) is 15.9 Å². The van der Waals surface area contributed by atoms with Crippen molar-refractivity contribution in [2.24, 2.45) is 5.92 Å². The fourth-order valence-corrected chi connectivity index (χ4v) is 3.50. The van der Waals surface area contributed by atoms with Crippen molar-refractivity contribution in [2.75, 3.05) is 0 Å². The molecule has 148 valence electrons. The first-order valence-electron chi connectivity index (χ1n) is 9.12. The lowest BCUT2D eigenvalue weighted by molar-refractivity contribution is -0.122. The van der Waals surface area contributed by atoms with E-state index in [1.807, 2.05) is 25.2 Å². The summed E-state index contributed by atoms with van der Waals surface area (Å²) in [6, 6.07) is 5.31. The van der Waals surface area contributed by atoms with Gasteiger partial charge in [-0.3, -0.25) is 4.79 Å². The van der Waals surface area contributed by atoms with Gasteiger partial charge in [-0.2, -0.15) is 0 Å². The van der Waals surface area contributed by atoms with Gasteiger partial charge >= 0.3 is 0 Å². The van der Waals surface area contributed by atoms with Gasteiger partial charge in [-0.05, 0) is 43.2 Å². The van der Waals surface area contributed by atoms with Gasteiger partial charge in [-0.15, -0.1) is 0 Å². The summed E-state index contributed by atoms with van der Waals surface area (Å²) in [6.45, 7) is 9.35. The van der Waals surface area contributed by atoms with Gasteiger partial charge in [0.05, 0.1) is 32.2 Å². The first-order chi connectivity index (χ1) is 13.9. The van der Waals surface area contributed by atoms with Crippen molar-refractivity contribution in [3.8, 4) is 11.4 Å². The topological polar surface area (TPSA) is 57.8 Å². The molecule has 2 N–H and O–H groups in total. The van der Waals surface area contributed by atoms with E-state index in [2.05, 4.69) is 28.4 Å². The Balaban J connectivity index is 1.83. The predicted octanol–water partition coefficient (Wildman–Crippen LogP) is 4.28. The molecular formula is C23H21Cl2N3O. The molecule has 29 heavy (non-hydrogen) atoms. The van der Waals surface area contributed by atoms with Crippen LogP contribution in [0.5, 0.6) is 0 Å². The largest absolute Gasteiger partial charge is 0.338 e. The van der Waals surface area contributed by atoms with Crippen LogP contribution < -0.4 is 16.0 Å². The summed E-state index contributed by atoms with van der Waals surface area (Å²) in [7, 11) is 0. The number of aromatic amines is 1. The highest BCUT2D eigenvalue weighted by Crippen LogP contribution is 2.31. The normalized spacial score (nSPS) is 16.0. The van der Waals surface area contributed by atoms with Crippen LogP contribution in [0.2, 0.25) is 10.0 Å². The highest BCUT2D eigenvalue weighted by atomic mass is 35.5. The molecule has 0 bridgehead atoms. The molecule has 1 aromatic heterocycles. The molecule has 0 fully saturated rings. The molecule has 0 aliphatic heterocycles. The molecule has 6 heteroatoms. The highest BCUT2D eigenvalue weighted by Gasteiger charge is 2.19. The minimum Gasteiger partial charge on any atom is -0.338 e. The summed E-state index contributed by atoms with van der Waals surface area (Å²) in [5.74, 6) is 0.170. The molecule has 0 spiro atoms. The lowest BCUT2D eigenvalue weighted by Gasteiger charge is -2.13. The van der Waals surface area contributed by atoms with Gasteiger partial charge in [0.1, 0.15) is 5.82 Å². The fourth-order valence-electron chi connectivity index (χ4n) is 2.93. The van der Waals surface area contributed by atoms with Crippen LogP contribution in [-0.2, 0) is 4.79 Å². The Bertz CT molecular complexity index is 1140. The second kappa shape index (κ2) is 9.12. The average Bonchev–Trinajstić information content (AvgIpc) is 3.13. The van der Waals surface area contributed by atoms with Gasteiger partial charge in [-0.1, -0.05) is 66.7 Å². The minimum atomic E-state index is -0.316. The third-order valence-electron chi connectivity index (χ3n) is 4.55. The Hall–Kier alpha value is -2.82. The highest BCUT2D eigenvalue weighted by molar-refractivity contribution is 6.38. The quantitative estimate of drug-likeness (QED) is 0.678. The summed E-state index contributed by atoms with van der Waals surface area (Å²) in [5, 5.41) is 5.53. The van der Waals surface area contributed by atoms with Crippen LogP contribution >= 0.6 is 23.2 Å². The van der Waals surface area contributed by atoms with Gasteiger partial charge in [0.15, 0.2) is 0 Å². The Labute approximate surface area is 179 Å². The van der Waals surface area contributed by atoms with Crippen molar-refractivity contribution in [1.82, 2.24) is 15.3 Å². The Morgan fingerprint density at radius 2 is 2.03 bits per heavy atom. The molecule has 3 rings (SSSR count). The molecule has 1 atom stereocenters. The van der Waals surface area contributed by atoms with Crippen LogP contribution in [0.3, 0.4) is 0 Å². The van der Waals surface area contributed by atoms with E-state index >= 15 is 0 Å². The number of fused-ring (bicyclic) bond motifs is 1. The third kappa shape index (κ3) is 4.78. The molecular weight excluding hydrogens is 405 g/mol. The van der Waals surface area contributed by atoms with Crippen molar-refractivity contribution < 1.29 is 4.79 Å². The summed E-state index contributed by atoms with van der Waals surface area (Å²) < 4.78 is 0. The van der Waals surface area contributed by atoms with E-state index in [-0.39, 0.29) is 11.8 Å². The second-order valence-corrected chi connectivity index (χ2v) is 7.35. The summed E-state index contributed by atoms with van der Waals surface area (Å²) in [6.07, 6.45) is 11.5. The SMILES string of the molecule is C=CC(=C)/C=C\C(=C/C)NC(=O)C1C=c2[nH]c(-c3c(Cl)cccc3Cl)nc2=CC1. The summed E-state index contributed by atoms with van der Waals surface area (Å²) in [4.78, 5) is 20.5. The van der Waals surface area contributed by atoms with Gasteiger partial charge in [0, 0.05) is 5.70 Å². The molecule has 1 amide bonds. The van der Waals surface area contributed by atoms with E-state index < -0.39 is 0 Å². The van der Waals surface area contributed by atoms with Crippen molar-refractivity contribution >= 4 is 41.3 Å². The van der Waals surface area contributed by atoms with E-state index in [0.29, 0.717) is 33.6 Å². The zero-order valence-corrected chi connectivity index (χ0v) is 17.5. The Kier molecular flexibility index (Phi) is 6.57. The smallest absolute Gasteiger partial charge is 0.231 e. The number of imidazole rings is 1. The molecule has 1 heterocycles. The van der Waals surface area contributed by atoms with Crippen LogP contribution in [0.4, 0.5) is 0 Å². The fraction of sp³-hybridized carbons (Fsp3) is 0.130. The lowest BCUT2D eigenvalue weighted by Crippen LogP contribution is -2.35. The number of nitrogens with zero attached hydrogens (tertiary/aromatic N) is 1. The third-order valence-corrected chi connectivity index (χ3v) is 5.18. The van der Waals surface area contributed by atoms with E-state index in [4.69, 9.17) is 23.2 Å². The number of carbonyl (C=O) groups excluding carboxylic acids is 1. The van der Waals surface area contributed by atoms with E-state index in [0.717, 1.165) is 16.3 Å². The molecule has 0 radical (unpaired) electrons. The number of allylic oxidation sites excluding steroid dienone is 5. The molecule has 0 saturated heterocycles. The first kappa shape index (κ1) is 20.9. The number of halogens is 2. The van der Waals surface area contributed by atoms with Crippen LogP contribution in [0, 0.1) is 5.92 Å². The average molecular weight is 426 g/mol. The number of nitrogens with one attached hydrogen (secondary N) is 2. The number of aromatic nitrogens is 2. The monoisotopic (exact) mass is 425 g/mol. The number of carbonyl (C=O) groups is 1. The molecule has 1 aliphatic carbocycles. The number of amides is 1.